The first kappa shape index (κ1) is 18.8. The summed E-state index contributed by atoms with van der Waals surface area (Å²) in [5, 5.41) is 16.9. The van der Waals surface area contributed by atoms with Gasteiger partial charge in [0.2, 0.25) is 0 Å². The Morgan fingerprint density at radius 1 is 1.20 bits per heavy atom. The fourth-order valence-corrected chi connectivity index (χ4v) is 2.02. The van der Waals surface area contributed by atoms with Crippen molar-refractivity contribution in [3.63, 3.8) is 0 Å². The fourth-order valence-electron chi connectivity index (χ4n) is 0.391. The zero-order valence-electron chi connectivity index (χ0n) is 6.76. The zero-order valence-corrected chi connectivity index (χ0v) is 8.54. The molecule has 0 heterocycles. The van der Waals surface area contributed by atoms with Crippen molar-refractivity contribution in [2.24, 2.45) is 0 Å². The van der Waals surface area contributed by atoms with E-state index in [-0.39, 0.29) is 37.7 Å². The normalized spacial score (nSPS) is 17.7. The van der Waals surface area contributed by atoms with E-state index in [4.69, 9.17) is 24.9 Å². The first-order valence-electron chi connectivity index (χ1n) is 3.19. The van der Waals surface area contributed by atoms with Gasteiger partial charge in [0.1, 0.15) is 6.10 Å². The van der Waals surface area contributed by atoms with Crippen molar-refractivity contribution in [2.75, 3.05) is 13.2 Å². The number of rotatable bonds is 6. The Hall–Kier alpha value is 1.44. The molecular formula is C3H12CaO9P2. The van der Waals surface area contributed by atoms with Gasteiger partial charge in [-0.3, -0.25) is 4.52 Å². The summed E-state index contributed by atoms with van der Waals surface area (Å²) >= 11 is 0. The molecule has 0 aliphatic carbocycles. The van der Waals surface area contributed by atoms with E-state index in [0.717, 1.165) is 0 Å². The van der Waals surface area contributed by atoms with E-state index in [9.17, 15) is 9.13 Å². The predicted molar refractivity (Wildman–Crippen MR) is 50.5 cm³/mol. The third-order valence-corrected chi connectivity index (χ3v) is 3.00. The van der Waals surface area contributed by atoms with Crippen LogP contribution in [0, 0.1) is 0 Å². The van der Waals surface area contributed by atoms with Crippen LogP contribution in [-0.2, 0) is 18.0 Å². The van der Waals surface area contributed by atoms with Crippen molar-refractivity contribution in [1.82, 2.24) is 0 Å². The second-order valence-electron chi connectivity index (χ2n) is 2.17. The maximum absolute atomic E-state index is 10.7. The number of hydrogen-bond acceptors (Lipinski definition) is 6. The molecule has 0 radical (unpaired) electrons. The molecule has 0 amide bonds. The molecule has 0 spiro atoms. The van der Waals surface area contributed by atoms with Crippen molar-refractivity contribution in [1.29, 1.82) is 0 Å². The molecule has 0 saturated carbocycles. The van der Waals surface area contributed by atoms with Crippen LogP contribution in [0.2, 0.25) is 0 Å². The molecule has 0 aliphatic heterocycles. The van der Waals surface area contributed by atoms with Crippen molar-refractivity contribution in [3.05, 3.63) is 0 Å². The van der Waals surface area contributed by atoms with Gasteiger partial charge in [-0.1, -0.05) is 0 Å². The molecule has 0 rings (SSSR count). The number of aliphatic hydroxyl groups is 2. The van der Waals surface area contributed by atoms with Crippen LogP contribution in [0.15, 0.2) is 0 Å². The molecule has 0 fully saturated rings. The molecule has 90 valence electrons. The summed E-state index contributed by atoms with van der Waals surface area (Å²) in [5.74, 6) is 0. The van der Waals surface area contributed by atoms with Gasteiger partial charge in [0, 0.05) is 0 Å². The van der Waals surface area contributed by atoms with Gasteiger partial charge in [0.25, 0.3) is 0 Å². The Bertz CT molecular complexity index is 262. The molecule has 0 aliphatic rings. The van der Waals surface area contributed by atoms with Crippen molar-refractivity contribution < 1.29 is 42.9 Å². The van der Waals surface area contributed by atoms with Gasteiger partial charge in [-0.25, -0.2) is 9.13 Å². The molecule has 15 heavy (non-hydrogen) atoms. The summed E-state index contributed by atoms with van der Waals surface area (Å²) in [6.45, 7) is -1.51. The minimum atomic E-state index is -5.14. The molecule has 0 aromatic heterocycles. The van der Waals surface area contributed by atoms with E-state index in [2.05, 4.69) is 8.83 Å². The van der Waals surface area contributed by atoms with Gasteiger partial charge in [-0.15, -0.1) is 0 Å². The Morgan fingerprint density at radius 3 is 2.00 bits per heavy atom. The van der Waals surface area contributed by atoms with Gasteiger partial charge in [-0.05, 0) is 0 Å². The number of phosphoric ester groups is 1. The monoisotopic (exact) mass is 294 g/mol. The molecule has 2 atom stereocenters. The van der Waals surface area contributed by atoms with Crippen LogP contribution in [0.5, 0.6) is 0 Å². The van der Waals surface area contributed by atoms with Gasteiger partial charge in [0.05, 0.1) is 13.2 Å². The van der Waals surface area contributed by atoms with E-state index < -0.39 is 35.0 Å². The molecule has 2 unspecified atom stereocenters. The average molecular weight is 294 g/mol. The molecule has 12 heteroatoms. The molecule has 0 aromatic carbocycles. The fraction of sp³-hybridized carbons (Fsp3) is 1.00. The van der Waals surface area contributed by atoms with E-state index in [1.807, 2.05) is 0 Å². The number of aliphatic hydroxyl groups excluding tert-OH is 2. The van der Waals surface area contributed by atoms with Gasteiger partial charge >= 0.3 is 53.4 Å². The predicted octanol–water partition coefficient (Wildman–Crippen LogP) is -2.35. The van der Waals surface area contributed by atoms with Crippen LogP contribution < -0.4 is 0 Å². The minimum absolute atomic E-state index is 0. The first-order chi connectivity index (χ1) is 6.16. The molecule has 9 nitrogen and oxygen atoms in total. The van der Waals surface area contributed by atoms with Crippen molar-refractivity contribution >= 4 is 53.4 Å². The Balaban J connectivity index is 0. The van der Waals surface area contributed by atoms with Gasteiger partial charge in [-0.2, -0.15) is 4.31 Å². The van der Waals surface area contributed by atoms with Crippen molar-refractivity contribution in [3.8, 4) is 0 Å². The summed E-state index contributed by atoms with van der Waals surface area (Å²) in [7, 11) is -10.1. The number of phosphoric acid groups is 2. The second-order valence-corrected chi connectivity index (χ2v) is 5.00. The number of hydrogen-bond donors (Lipinski definition) is 5. The topological polar surface area (TPSA) is 154 Å². The van der Waals surface area contributed by atoms with Crippen LogP contribution in [-0.4, -0.2) is 81.9 Å². The summed E-state index contributed by atoms with van der Waals surface area (Å²) in [4.78, 5) is 24.9. The van der Waals surface area contributed by atoms with E-state index in [1.54, 1.807) is 0 Å². The summed E-state index contributed by atoms with van der Waals surface area (Å²) in [6.07, 6.45) is -1.43. The summed E-state index contributed by atoms with van der Waals surface area (Å²) < 4.78 is 28.1. The quantitative estimate of drug-likeness (QED) is 0.267. The maximum atomic E-state index is 10.7. The van der Waals surface area contributed by atoms with E-state index in [1.165, 1.54) is 0 Å². The van der Waals surface area contributed by atoms with Crippen LogP contribution in [0.4, 0.5) is 0 Å². The van der Waals surface area contributed by atoms with Crippen LogP contribution in [0.25, 0.3) is 0 Å². The van der Waals surface area contributed by atoms with Crippen LogP contribution >= 0.6 is 15.6 Å². The molecule has 0 saturated heterocycles. The third-order valence-electron chi connectivity index (χ3n) is 0.850. The average Bonchev–Trinajstić information content (AvgIpc) is 1.96. The second kappa shape index (κ2) is 7.71. The Morgan fingerprint density at radius 2 is 1.67 bits per heavy atom. The Labute approximate surface area is 115 Å². The third kappa shape index (κ3) is 11.7. The molecule has 0 bridgehead atoms. The SMILES string of the molecule is O=P(O)(O)OP(=O)(O)OCC(O)CO.[CaH2]. The first-order valence-corrected chi connectivity index (χ1v) is 6.22. The summed E-state index contributed by atoms with van der Waals surface area (Å²) in [6, 6.07) is 0. The van der Waals surface area contributed by atoms with Gasteiger partial charge < -0.3 is 24.9 Å². The van der Waals surface area contributed by atoms with Crippen LogP contribution in [0.3, 0.4) is 0 Å². The van der Waals surface area contributed by atoms with Crippen molar-refractivity contribution in [2.45, 2.75) is 6.10 Å². The summed E-state index contributed by atoms with van der Waals surface area (Å²) in [5.41, 5.74) is 0. The van der Waals surface area contributed by atoms with Gasteiger partial charge in [0.15, 0.2) is 0 Å². The molecule has 0 aromatic rings. The van der Waals surface area contributed by atoms with E-state index in [0.29, 0.717) is 0 Å². The van der Waals surface area contributed by atoms with E-state index >= 15 is 0 Å². The standard InChI is InChI=1S/C3H10O9P2.Ca.2H/c4-1-3(5)2-11-14(9,10)12-13(6,7)8;;;/h3-5H,1-2H2,(H,9,10)(H2,6,7,8);;;. The molecule has 5 N–H and O–H groups in total. The molecular weight excluding hydrogens is 282 g/mol. The van der Waals surface area contributed by atoms with Crippen LogP contribution in [0.1, 0.15) is 0 Å². The zero-order chi connectivity index (χ0) is 11.4. The Kier molecular flexibility index (Phi) is 9.66.